The topological polar surface area (TPSA) is 41.6 Å². The Morgan fingerprint density at radius 3 is 2.55 bits per heavy atom. The van der Waals surface area contributed by atoms with Crippen molar-refractivity contribution in [2.24, 2.45) is 5.92 Å². The highest BCUT2D eigenvalue weighted by Crippen LogP contribution is 2.29. The summed E-state index contributed by atoms with van der Waals surface area (Å²) in [5.74, 6) is 0.794. The third-order valence-electron chi connectivity index (χ3n) is 4.34. The molecule has 4 heteroatoms. The van der Waals surface area contributed by atoms with E-state index >= 15 is 0 Å². The Hall–Kier alpha value is -0.610. The molecule has 0 amide bonds. The first-order valence-electron chi connectivity index (χ1n) is 8.05. The molecule has 0 aromatic carbocycles. The Bertz CT molecular complexity index is 292. The number of nitrogens with zero attached hydrogens (tertiary/aromatic N) is 1. The van der Waals surface area contributed by atoms with Crippen LogP contribution < -0.4 is 5.32 Å². The highest BCUT2D eigenvalue weighted by Gasteiger charge is 2.31. The van der Waals surface area contributed by atoms with Crippen molar-refractivity contribution in [3.8, 4) is 0 Å². The van der Waals surface area contributed by atoms with E-state index < -0.39 is 5.54 Å². The third kappa shape index (κ3) is 5.80. The minimum atomic E-state index is -0.541. The van der Waals surface area contributed by atoms with Crippen LogP contribution in [0.3, 0.4) is 0 Å². The first-order chi connectivity index (χ1) is 9.55. The minimum absolute atomic E-state index is 0.164. The van der Waals surface area contributed by atoms with Crippen molar-refractivity contribution < 1.29 is 9.53 Å². The zero-order chi connectivity index (χ0) is 15.0. The van der Waals surface area contributed by atoms with Gasteiger partial charge in [-0.1, -0.05) is 6.92 Å². The summed E-state index contributed by atoms with van der Waals surface area (Å²) in [7, 11) is 3.28. The van der Waals surface area contributed by atoms with E-state index in [2.05, 4.69) is 17.1 Å². The van der Waals surface area contributed by atoms with Crippen molar-refractivity contribution in [1.29, 1.82) is 0 Å². The molecule has 1 N–H and O–H groups in total. The molecule has 4 nitrogen and oxygen atoms in total. The van der Waals surface area contributed by atoms with Crippen LogP contribution in [-0.2, 0) is 9.53 Å². The molecule has 20 heavy (non-hydrogen) atoms. The fourth-order valence-electron chi connectivity index (χ4n) is 2.64. The number of carbonyl (C=O) groups is 1. The predicted molar refractivity (Wildman–Crippen MR) is 82.8 cm³/mol. The molecule has 0 heterocycles. The largest absolute Gasteiger partial charge is 0.468 e. The Balaban J connectivity index is 2.25. The fraction of sp³-hybridized carbons (Fsp3) is 0.938. The van der Waals surface area contributed by atoms with Gasteiger partial charge in [0.25, 0.3) is 0 Å². The van der Waals surface area contributed by atoms with Gasteiger partial charge in [-0.2, -0.15) is 0 Å². The van der Waals surface area contributed by atoms with Gasteiger partial charge in [0.15, 0.2) is 0 Å². The predicted octanol–water partition coefficient (Wildman–Crippen LogP) is 2.43. The van der Waals surface area contributed by atoms with E-state index in [0.29, 0.717) is 0 Å². The van der Waals surface area contributed by atoms with Gasteiger partial charge in [0, 0.05) is 6.54 Å². The quantitative estimate of drug-likeness (QED) is 0.467. The molecule has 118 valence electrons. The second-order valence-electron chi connectivity index (χ2n) is 6.27. The highest BCUT2D eigenvalue weighted by atomic mass is 16.5. The summed E-state index contributed by atoms with van der Waals surface area (Å²) in [6, 6.07) is 0. The molecule has 1 fully saturated rings. The van der Waals surface area contributed by atoms with Crippen LogP contribution in [-0.4, -0.2) is 50.2 Å². The van der Waals surface area contributed by atoms with E-state index in [9.17, 15) is 4.79 Å². The zero-order valence-electron chi connectivity index (χ0n) is 13.7. The van der Waals surface area contributed by atoms with Crippen LogP contribution >= 0.6 is 0 Å². The Kier molecular flexibility index (Phi) is 7.52. The number of esters is 1. The van der Waals surface area contributed by atoms with Gasteiger partial charge in [-0.05, 0) is 71.5 Å². The number of nitrogens with one attached hydrogen (secondary N) is 1. The normalized spacial score (nSPS) is 18.1. The molecule has 0 aromatic rings. The molecule has 1 rings (SSSR count). The van der Waals surface area contributed by atoms with Crippen LogP contribution in [0.5, 0.6) is 0 Å². The molecule has 1 aliphatic rings. The van der Waals surface area contributed by atoms with E-state index in [0.717, 1.165) is 31.7 Å². The lowest BCUT2D eigenvalue weighted by Gasteiger charge is -2.27. The molecule has 0 aliphatic heterocycles. The minimum Gasteiger partial charge on any atom is -0.468 e. The van der Waals surface area contributed by atoms with Crippen LogP contribution in [0.1, 0.15) is 52.4 Å². The SMILES string of the molecule is CCCN(CCCCC(C)(NC)C(=O)OC)CC1CC1. The fourth-order valence-corrected chi connectivity index (χ4v) is 2.64. The summed E-state index contributed by atoms with van der Waals surface area (Å²) in [6.45, 7) is 7.80. The Morgan fingerprint density at radius 2 is 2.05 bits per heavy atom. The maximum Gasteiger partial charge on any atom is 0.325 e. The van der Waals surface area contributed by atoms with Crippen molar-refractivity contribution in [1.82, 2.24) is 10.2 Å². The summed E-state index contributed by atoms with van der Waals surface area (Å²) < 4.78 is 4.87. The lowest BCUT2D eigenvalue weighted by atomic mass is 9.95. The first-order valence-corrected chi connectivity index (χ1v) is 8.05. The smallest absolute Gasteiger partial charge is 0.325 e. The molecule has 0 saturated heterocycles. The van der Waals surface area contributed by atoms with Crippen molar-refractivity contribution in [3.05, 3.63) is 0 Å². The summed E-state index contributed by atoms with van der Waals surface area (Å²) in [5.41, 5.74) is -0.541. The number of likely N-dealkylation sites (N-methyl/N-ethyl adjacent to an activating group) is 1. The second-order valence-corrected chi connectivity index (χ2v) is 6.27. The van der Waals surface area contributed by atoms with Crippen molar-refractivity contribution in [2.45, 2.75) is 57.9 Å². The number of carbonyl (C=O) groups excluding carboxylic acids is 1. The van der Waals surface area contributed by atoms with E-state index in [4.69, 9.17) is 4.74 Å². The molecular weight excluding hydrogens is 252 g/mol. The molecule has 1 atom stereocenters. The van der Waals surface area contributed by atoms with E-state index in [1.165, 1.54) is 39.5 Å². The number of unbranched alkanes of at least 4 members (excludes halogenated alkanes) is 1. The van der Waals surface area contributed by atoms with Gasteiger partial charge in [-0.15, -0.1) is 0 Å². The molecule has 1 unspecified atom stereocenters. The van der Waals surface area contributed by atoms with Crippen LogP contribution in [0.15, 0.2) is 0 Å². The van der Waals surface area contributed by atoms with Crippen LogP contribution in [0.25, 0.3) is 0 Å². The summed E-state index contributed by atoms with van der Waals surface area (Å²) in [6.07, 6.45) is 7.10. The monoisotopic (exact) mass is 284 g/mol. The van der Waals surface area contributed by atoms with Gasteiger partial charge < -0.3 is 15.0 Å². The van der Waals surface area contributed by atoms with Crippen LogP contribution in [0.4, 0.5) is 0 Å². The van der Waals surface area contributed by atoms with Gasteiger partial charge in [0.1, 0.15) is 5.54 Å². The zero-order valence-corrected chi connectivity index (χ0v) is 13.7. The third-order valence-corrected chi connectivity index (χ3v) is 4.34. The molecular formula is C16H32N2O2. The lowest BCUT2D eigenvalue weighted by molar-refractivity contribution is -0.148. The van der Waals surface area contributed by atoms with Crippen LogP contribution in [0.2, 0.25) is 0 Å². The summed E-state index contributed by atoms with van der Waals surface area (Å²) in [5, 5.41) is 3.10. The molecule has 0 aromatic heterocycles. The van der Waals surface area contributed by atoms with Gasteiger partial charge >= 0.3 is 5.97 Å². The van der Waals surface area contributed by atoms with Gasteiger partial charge in [-0.25, -0.2) is 0 Å². The molecule has 0 radical (unpaired) electrons. The average molecular weight is 284 g/mol. The van der Waals surface area contributed by atoms with E-state index in [-0.39, 0.29) is 5.97 Å². The average Bonchev–Trinajstić information content (AvgIpc) is 3.26. The number of rotatable bonds is 11. The Morgan fingerprint density at radius 1 is 1.35 bits per heavy atom. The van der Waals surface area contributed by atoms with Gasteiger partial charge in [0.2, 0.25) is 0 Å². The standard InChI is InChI=1S/C16H32N2O2/c1-5-11-18(13-14-8-9-14)12-7-6-10-16(2,17-3)15(19)20-4/h14,17H,5-13H2,1-4H3. The number of hydrogen-bond acceptors (Lipinski definition) is 4. The van der Waals surface area contributed by atoms with Crippen molar-refractivity contribution in [3.63, 3.8) is 0 Å². The first kappa shape index (κ1) is 17.4. The van der Waals surface area contributed by atoms with E-state index in [1.54, 1.807) is 0 Å². The van der Waals surface area contributed by atoms with Gasteiger partial charge in [-0.3, -0.25) is 4.79 Å². The summed E-state index contributed by atoms with van der Waals surface area (Å²) >= 11 is 0. The Labute approximate surface area is 124 Å². The van der Waals surface area contributed by atoms with Crippen molar-refractivity contribution >= 4 is 5.97 Å². The number of methoxy groups -OCH3 is 1. The molecule has 1 saturated carbocycles. The molecule has 0 bridgehead atoms. The maximum atomic E-state index is 11.8. The number of hydrogen-bond donors (Lipinski definition) is 1. The highest BCUT2D eigenvalue weighted by molar-refractivity contribution is 5.80. The number of ether oxygens (including phenoxy) is 1. The van der Waals surface area contributed by atoms with E-state index in [1.807, 2.05) is 14.0 Å². The van der Waals surface area contributed by atoms with Crippen LogP contribution in [0, 0.1) is 5.92 Å². The molecule has 1 aliphatic carbocycles. The second kappa shape index (κ2) is 8.63. The van der Waals surface area contributed by atoms with Gasteiger partial charge in [0.05, 0.1) is 7.11 Å². The van der Waals surface area contributed by atoms with Crippen molar-refractivity contribution in [2.75, 3.05) is 33.8 Å². The lowest BCUT2D eigenvalue weighted by Crippen LogP contribution is -2.48. The summed E-state index contributed by atoms with van der Waals surface area (Å²) in [4.78, 5) is 14.3. The maximum absolute atomic E-state index is 11.8. The molecule has 0 spiro atoms.